The zero-order chi connectivity index (χ0) is 16.1. The summed E-state index contributed by atoms with van der Waals surface area (Å²) < 4.78 is -0.997. The second-order valence-electron chi connectivity index (χ2n) is 6.46. The number of halogens is 2. The fourth-order valence-corrected chi connectivity index (χ4v) is 3.04. The molecule has 22 heavy (non-hydrogen) atoms. The molecule has 1 aromatic rings. The molecule has 0 aliphatic heterocycles. The molecule has 3 rings (SSSR count). The van der Waals surface area contributed by atoms with Gasteiger partial charge in [0.05, 0.1) is 5.41 Å². The number of carbonyl (C=O) groups excluding carboxylic acids is 2. The first-order valence-electron chi connectivity index (χ1n) is 7.34. The van der Waals surface area contributed by atoms with E-state index >= 15 is 0 Å². The Kier molecular flexibility index (Phi) is 3.65. The number of benzene rings is 1. The Morgan fingerprint density at radius 3 is 2.41 bits per heavy atom. The molecule has 2 fully saturated rings. The fraction of sp³-hybridized carbons (Fsp3) is 0.500. The predicted octanol–water partition coefficient (Wildman–Crippen LogP) is 3.87. The molecular weight excluding hydrogens is 323 g/mol. The molecule has 0 bridgehead atoms. The van der Waals surface area contributed by atoms with Crippen molar-refractivity contribution in [2.45, 2.75) is 37.4 Å². The molecule has 6 heteroatoms. The Labute approximate surface area is 139 Å². The monoisotopic (exact) mass is 340 g/mol. The zero-order valence-corrected chi connectivity index (χ0v) is 14.0. The number of anilines is 2. The van der Waals surface area contributed by atoms with Gasteiger partial charge in [-0.25, -0.2) is 0 Å². The summed E-state index contributed by atoms with van der Waals surface area (Å²) in [4.78, 5) is 24.2. The Balaban J connectivity index is 1.73. The lowest BCUT2D eigenvalue weighted by atomic mass is 10.1. The Hall–Kier alpha value is -1.26. The molecule has 2 aliphatic carbocycles. The third-order valence-electron chi connectivity index (χ3n) is 4.46. The van der Waals surface area contributed by atoms with Crippen LogP contribution < -0.4 is 10.6 Å². The molecule has 0 radical (unpaired) electrons. The maximum Gasteiger partial charge on any atom is 0.233 e. The maximum atomic E-state index is 12.3. The van der Waals surface area contributed by atoms with Crippen LogP contribution in [0.2, 0.25) is 0 Å². The number of rotatable bonds is 4. The topological polar surface area (TPSA) is 58.2 Å². The van der Waals surface area contributed by atoms with Crippen LogP contribution in [0.15, 0.2) is 18.2 Å². The molecule has 0 unspecified atom stereocenters. The van der Waals surface area contributed by atoms with Gasteiger partial charge in [-0.2, -0.15) is 0 Å². The molecule has 4 nitrogen and oxygen atoms in total. The summed E-state index contributed by atoms with van der Waals surface area (Å²) in [5.41, 5.74) is 1.49. The number of hydrogen-bond donors (Lipinski definition) is 2. The van der Waals surface area contributed by atoms with Gasteiger partial charge in [0.25, 0.3) is 0 Å². The van der Waals surface area contributed by atoms with Gasteiger partial charge in [-0.05, 0) is 50.8 Å². The van der Waals surface area contributed by atoms with E-state index in [-0.39, 0.29) is 17.7 Å². The van der Waals surface area contributed by atoms with E-state index in [2.05, 4.69) is 10.6 Å². The van der Waals surface area contributed by atoms with Crippen molar-refractivity contribution in [3.63, 3.8) is 0 Å². The van der Waals surface area contributed by atoms with Gasteiger partial charge in [-0.1, -0.05) is 6.07 Å². The van der Waals surface area contributed by atoms with E-state index < -0.39 is 9.75 Å². The van der Waals surface area contributed by atoms with Gasteiger partial charge in [0.15, 0.2) is 0 Å². The van der Waals surface area contributed by atoms with Crippen molar-refractivity contribution in [1.29, 1.82) is 0 Å². The molecular formula is C16H18Cl2N2O2. The molecule has 0 saturated heterocycles. The van der Waals surface area contributed by atoms with Crippen LogP contribution in [0.25, 0.3) is 0 Å². The largest absolute Gasteiger partial charge is 0.326 e. The number of carbonyl (C=O) groups is 2. The summed E-state index contributed by atoms with van der Waals surface area (Å²) in [5, 5.41) is 5.74. The van der Waals surface area contributed by atoms with Crippen molar-refractivity contribution in [3.05, 3.63) is 23.8 Å². The van der Waals surface area contributed by atoms with Gasteiger partial charge in [0.2, 0.25) is 11.8 Å². The third-order valence-corrected chi connectivity index (χ3v) is 5.56. The van der Waals surface area contributed by atoms with Crippen LogP contribution in [0, 0.1) is 18.3 Å². The van der Waals surface area contributed by atoms with E-state index in [0.29, 0.717) is 17.8 Å². The second-order valence-corrected chi connectivity index (χ2v) is 7.94. The van der Waals surface area contributed by atoms with Crippen molar-refractivity contribution in [1.82, 2.24) is 0 Å². The maximum absolute atomic E-state index is 12.3. The SMILES string of the molecule is Cc1ccc(NC(=O)C2CC2)cc1NC(=O)[C@]1(C)CC1(Cl)Cl. The lowest BCUT2D eigenvalue weighted by Gasteiger charge is -2.15. The molecule has 2 amide bonds. The molecule has 1 aromatic carbocycles. The van der Waals surface area contributed by atoms with Crippen LogP contribution in [0.4, 0.5) is 11.4 Å². The minimum Gasteiger partial charge on any atom is -0.326 e. The highest BCUT2D eigenvalue weighted by atomic mass is 35.5. The van der Waals surface area contributed by atoms with Gasteiger partial charge in [-0.3, -0.25) is 9.59 Å². The average molecular weight is 341 g/mol. The van der Waals surface area contributed by atoms with Gasteiger partial charge in [0, 0.05) is 17.3 Å². The Morgan fingerprint density at radius 1 is 1.23 bits per heavy atom. The molecule has 0 heterocycles. The Bertz CT molecular complexity index is 656. The first-order valence-corrected chi connectivity index (χ1v) is 8.09. The molecule has 2 aliphatic rings. The van der Waals surface area contributed by atoms with Crippen molar-refractivity contribution in [2.24, 2.45) is 11.3 Å². The highest BCUT2D eigenvalue weighted by Gasteiger charge is 2.67. The van der Waals surface area contributed by atoms with E-state index in [1.165, 1.54) is 0 Å². The van der Waals surface area contributed by atoms with Crippen molar-refractivity contribution >= 4 is 46.4 Å². The van der Waals surface area contributed by atoms with E-state index in [9.17, 15) is 9.59 Å². The first-order chi connectivity index (χ1) is 10.2. The first kappa shape index (κ1) is 15.6. The summed E-state index contributed by atoms with van der Waals surface area (Å²) in [5.74, 6) is -0.0279. The number of hydrogen-bond acceptors (Lipinski definition) is 2. The smallest absolute Gasteiger partial charge is 0.233 e. The molecule has 2 saturated carbocycles. The average Bonchev–Trinajstić information content (AvgIpc) is 3.32. The highest BCUT2D eigenvalue weighted by Crippen LogP contribution is 2.64. The van der Waals surface area contributed by atoms with Crippen LogP contribution in [0.5, 0.6) is 0 Å². The Morgan fingerprint density at radius 2 is 1.86 bits per heavy atom. The van der Waals surface area contributed by atoms with E-state index in [1.54, 1.807) is 13.0 Å². The lowest BCUT2D eigenvalue weighted by Crippen LogP contribution is -2.26. The number of alkyl halides is 2. The van der Waals surface area contributed by atoms with Crippen LogP contribution in [0.3, 0.4) is 0 Å². The normalized spacial score (nSPS) is 25.5. The second kappa shape index (κ2) is 5.14. The summed E-state index contributed by atoms with van der Waals surface area (Å²) in [6, 6.07) is 5.46. The molecule has 0 aromatic heterocycles. The van der Waals surface area contributed by atoms with Crippen molar-refractivity contribution in [2.75, 3.05) is 10.6 Å². The number of aryl methyl sites for hydroxylation is 1. The van der Waals surface area contributed by atoms with Gasteiger partial charge in [0.1, 0.15) is 4.33 Å². The van der Waals surface area contributed by atoms with Crippen molar-refractivity contribution in [3.8, 4) is 0 Å². The van der Waals surface area contributed by atoms with Crippen LogP contribution in [-0.4, -0.2) is 16.1 Å². The third kappa shape index (κ3) is 2.82. The van der Waals surface area contributed by atoms with E-state index in [1.807, 2.05) is 19.1 Å². The van der Waals surface area contributed by atoms with Crippen LogP contribution in [0.1, 0.15) is 31.7 Å². The molecule has 2 N–H and O–H groups in total. The number of nitrogens with one attached hydrogen (secondary N) is 2. The van der Waals surface area contributed by atoms with Gasteiger partial charge >= 0.3 is 0 Å². The van der Waals surface area contributed by atoms with E-state index in [0.717, 1.165) is 18.4 Å². The van der Waals surface area contributed by atoms with Crippen LogP contribution >= 0.6 is 23.2 Å². The molecule has 0 spiro atoms. The van der Waals surface area contributed by atoms with E-state index in [4.69, 9.17) is 23.2 Å². The number of amides is 2. The summed E-state index contributed by atoms with van der Waals surface area (Å²) in [6.07, 6.45) is 2.34. The zero-order valence-electron chi connectivity index (χ0n) is 12.5. The standard InChI is InChI=1S/C16H18Cl2N2O2/c1-9-3-6-11(19-13(21)10-4-5-10)7-12(9)20-14(22)15(2)8-16(15,17)18/h3,6-7,10H,4-5,8H2,1-2H3,(H,19,21)(H,20,22)/t15-/m0/s1. The molecule has 1 atom stereocenters. The van der Waals surface area contributed by atoms with Crippen LogP contribution in [-0.2, 0) is 9.59 Å². The van der Waals surface area contributed by atoms with Gasteiger partial charge < -0.3 is 10.6 Å². The van der Waals surface area contributed by atoms with Gasteiger partial charge in [-0.15, -0.1) is 23.2 Å². The minimum atomic E-state index is -0.997. The highest BCUT2D eigenvalue weighted by molar-refractivity contribution is 6.53. The lowest BCUT2D eigenvalue weighted by molar-refractivity contribution is -0.120. The molecule has 118 valence electrons. The summed E-state index contributed by atoms with van der Waals surface area (Å²) >= 11 is 12.1. The summed E-state index contributed by atoms with van der Waals surface area (Å²) in [6.45, 7) is 3.64. The quantitative estimate of drug-likeness (QED) is 0.817. The summed E-state index contributed by atoms with van der Waals surface area (Å²) in [7, 11) is 0. The minimum absolute atomic E-state index is 0.0378. The predicted molar refractivity (Wildman–Crippen MR) is 88.3 cm³/mol. The van der Waals surface area contributed by atoms with Crippen molar-refractivity contribution < 1.29 is 9.59 Å². The fourth-order valence-electron chi connectivity index (χ4n) is 2.33.